The van der Waals surface area contributed by atoms with E-state index in [9.17, 15) is 22.9 Å². The number of nitro benzene ring substituents is 1. The summed E-state index contributed by atoms with van der Waals surface area (Å²) in [7, 11) is -3.16. The number of nitro groups is 1. The predicted octanol–water partition coefficient (Wildman–Crippen LogP) is 2.38. The fourth-order valence-corrected chi connectivity index (χ4v) is 3.95. The first-order valence-electron chi connectivity index (χ1n) is 5.89. The first-order valence-corrected chi connectivity index (χ1v) is 8.09. The highest BCUT2D eigenvalue weighted by molar-refractivity contribution is 7.91. The first kappa shape index (κ1) is 15.0. The Kier molecular flexibility index (Phi) is 4.14. The van der Waals surface area contributed by atoms with Crippen LogP contribution in [0, 0.1) is 15.9 Å². The van der Waals surface area contributed by atoms with Gasteiger partial charge in [0.15, 0.2) is 9.84 Å². The van der Waals surface area contributed by atoms with Crippen molar-refractivity contribution in [2.24, 2.45) is 0 Å². The molecule has 1 heterocycles. The van der Waals surface area contributed by atoms with Gasteiger partial charge in [0, 0.05) is 18.2 Å². The number of rotatable bonds is 3. The fourth-order valence-electron chi connectivity index (χ4n) is 2.16. The molecule has 0 saturated carbocycles. The third-order valence-corrected chi connectivity index (χ3v) is 5.17. The normalized spacial score (nSPS) is 21.4. The van der Waals surface area contributed by atoms with Crippen molar-refractivity contribution in [2.75, 3.05) is 16.8 Å². The number of nitrogens with one attached hydrogen (secondary N) is 1. The SMILES string of the molecule is O=[N+]([O-])c1cc(Cl)c(F)cc1NC1CCCS(=O)(=O)C1. The molecule has 0 aromatic heterocycles. The predicted molar refractivity (Wildman–Crippen MR) is 73.4 cm³/mol. The minimum Gasteiger partial charge on any atom is -0.376 e. The Labute approximate surface area is 120 Å². The summed E-state index contributed by atoms with van der Waals surface area (Å²) in [5.74, 6) is -0.796. The number of hydrogen-bond donors (Lipinski definition) is 1. The standard InChI is InChI=1S/C11H12ClFN2O4S/c12-8-4-11(15(16)17)10(5-9(8)13)14-7-2-1-3-20(18,19)6-7/h4-5,7,14H,1-3,6H2. The molecule has 2 rings (SSSR count). The average Bonchev–Trinajstić information content (AvgIpc) is 2.32. The quantitative estimate of drug-likeness (QED) is 0.681. The number of hydrogen-bond acceptors (Lipinski definition) is 5. The third-order valence-electron chi connectivity index (χ3n) is 3.06. The maximum Gasteiger partial charge on any atom is 0.294 e. The summed E-state index contributed by atoms with van der Waals surface area (Å²) >= 11 is 5.51. The van der Waals surface area contributed by atoms with Gasteiger partial charge in [-0.3, -0.25) is 10.1 Å². The van der Waals surface area contributed by atoms with Gasteiger partial charge in [0.05, 0.1) is 21.5 Å². The van der Waals surface area contributed by atoms with E-state index in [0.29, 0.717) is 12.8 Å². The average molecular weight is 323 g/mol. The molecule has 6 nitrogen and oxygen atoms in total. The zero-order chi connectivity index (χ0) is 14.9. The van der Waals surface area contributed by atoms with Crippen molar-refractivity contribution in [2.45, 2.75) is 18.9 Å². The number of benzene rings is 1. The van der Waals surface area contributed by atoms with Gasteiger partial charge in [-0.15, -0.1) is 0 Å². The van der Waals surface area contributed by atoms with Crippen molar-refractivity contribution >= 4 is 32.8 Å². The van der Waals surface area contributed by atoms with Gasteiger partial charge in [-0.2, -0.15) is 0 Å². The molecule has 20 heavy (non-hydrogen) atoms. The van der Waals surface area contributed by atoms with Gasteiger partial charge in [-0.05, 0) is 12.8 Å². The van der Waals surface area contributed by atoms with Gasteiger partial charge in [0.2, 0.25) is 0 Å². The van der Waals surface area contributed by atoms with E-state index in [1.54, 1.807) is 0 Å². The molecule has 1 saturated heterocycles. The van der Waals surface area contributed by atoms with Crippen LogP contribution in [0.3, 0.4) is 0 Å². The monoisotopic (exact) mass is 322 g/mol. The summed E-state index contributed by atoms with van der Waals surface area (Å²) < 4.78 is 36.5. The van der Waals surface area contributed by atoms with Gasteiger partial charge in [0.1, 0.15) is 11.5 Å². The smallest absolute Gasteiger partial charge is 0.294 e. The molecule has 0 spiro atoms. The molecule has 1 fully saturated rings. The van der Waals surface area contributed by atoms with Gasteiger partial charge < -0.3 is 5.32 Å². The van der Waals surface area contributed by atoms with Crippen molar-refractivity contribution in [1.29, 1.82) is 0 Å². The number of anilines is 1. The summed E-state index contributed by atoms with van der Waals surface area (Å²) in [6, 6.07) is 1.37. The maximum atomic E-state index is 13.4. The van der Waals surface area contributed by atoms with Crippen molar-refractivity contribution in [3.05, 3.63) is 33.1 Å². The molecule has 0 amide bonds. The zero-order valence-corrected chi connectivity index (χ0v) is 11.9. The van der Waals surface area contributed by atoms with E-state index >= 15 is 0 Å². The molecule has 1 aromatic carbocycles. The highest BCUT2D eigenvalue weighted by Crippen LogP contribution is 2.31. The maximum absolute atomic E-state index is 13.4. The largest absolute Gasteiger partial charge is 0.376 e. The molecule has 1 aliphatic heterocycles. The lowest BCUT2D eigenvalue weighted by Crippen LogP contribution is -2.35. The highest BCUT2D eigenvalue weighted by Gasteiger charge is 2.27. The Hall–Kier alpha value is -1.41. The van der Waals surface area contributed by atoms with Crippen LogP contribution < -0.4 is 5.32 Å². The molecule has 1 atom stereocenters. The van der Waals surface area contributed by atoms with Crippen LogP contribution in [0.1, 0.15) is 12.8 Å². The molecule has 0 bridgehead atoms. The first-order chi connectivity index (χ1) is 9.28. The Balaban J connectivity index is 2.29. The van der Waals surface area contributed by atoms with Gasteiger partial charge in [-0.1, -0.05) is 11.6 Å². The van der Waals surface area contributed by atoms with E-state index < -0.39 is 26.6 Å². The van der Waals surface area contributed by atoms with Crippen LogP contribution >= 0.6 is 11.6 Å². The van der Waals surface area contributed by atoms with E-state index in [-0.39, 0.29) is 27.9 Å². The number of sulfone groups is 1. The van der Waals surface area contributed by atoms with E-state index in [4.69, 9.17) is 11.6 Å². The Morgan fingerprint density at radius 3 is 2.75 bits per heavy atom. The van der Waals surface area contributed by atoms with Crippen LogP contribution in [0.15, 0.2) is 12.1 Å². The van der Waals surface area contributed by atoms with Crippen molar-refractivity contribution in [1.82, 2.24) is 0 Å². The number of nitrogens with zero attached hydrogens (tertiary/aromatic N) is 1. The van der Waals surface area contributed by atoms with Crippen LogP contribution in [0.25, 0.3) is 0 Å². The molecule has 1 aliphatic rings. The second-order valence-corrected chi connectivity index (χ2v) is 7.27. The van der Waals surface area contributed by atoms with Crippen molar-refractivity contribution in [3.8, 4) is 0 Å². The zero-order valence-electron chi connectivity index (χ0n) is 10.3. The molecule has 0 radical (unpaired) electrons. The minimum atomic E-state index is -3.16. The summed E-state index contributed by atoms with van der Waals surface area (Å²) in [5, 5.41) is 13.3. The van der Waals surface area contributed by atoms with Crippen LogP contribution in [0.5, 0.6) is 0 Å². The Bertz CT molecular complexity index is 650. The summed E-state index contributed by atoms with van der Waals surface area (Å²) in [6.07, 6.45) is 1.03. The van der Waals surface area contributed by atoms with E-state index in [1.165, 1.54) is 0 Å². The Morgan fingerprint density at radius 1 is 1.45 bits per heavy atom. The highest BCUT2D eigenvalue weighted by atomic mass is 35.5. The summed E-state index contributed by atoms with van der Waals surface area (Å²) in [6.45, 7) is 0. The lowest BCUT2D eigenvalue weighted by Gasteiger charge is -2.23. The van der Waals surface area contributed by atoms with Crippen molar-refractivity contribution in [3.63, 3.8) is 0 Å². The molecule has 1 aromatic rings. The second kappa shape index (κ2) is 5.53. The molecule has 0 aliphatic carbocycles. The van der Waals surface area contributed by atoms with Gasteiger partial charge >= 0.3 is 0 Å². The lowest BCUT2D eigenvalue weighted by atomic mass is 10.1. The van der Waals surface area contributed by atoms with Gasteiger partial charge in [-0.25, -0.2) is 12.8 Å². The molecule has 9 heteroatoms. The van der Waals surface area contributed by atoms with Crippen LogP contribution in [-0.4, -0.2) is 30.9 Å². The third kappa shape index (κ3) is 3.37. The number of halogens is 2. The Morgan fingerprint density at radius 2 is 2.15 bits per heavy atom. The topological polar surface area (TPSA) is 89.3 Å². The molecule has 1 N–H and O–H groups in total. The molecule has 1 unspecified atom stereocenters. The molecular weight excluding hydrogens is 311 g/mol. The minimum absolute atomic E-state index is 0.0565. The fraction of sp³-hybridized carbons (Fsp3) is 0.455. The van der Waals surface area contributed by atoms with Crippen LogP contribution in [-0.2, 0) is 9.84 Å². The lowest BCUT2D eigenvalue weighted by molar-refractivity contribution is -0.384. The van der Waals surface area contributed by atoms with Crippen LogP contribution in [0.4, 0.5) is 15.8 Å². The van der Waals surface area contributed by atoms with E-state index in [2.05, 4.69) is 5.32 Å². The molecule has 110 valence electrons. The summed E-state index contributed by atoms with van der Waals surface area (Å²) in [5.41, 5.74) is -0.432. The second-order valence-electron chi connectivity index (χ2n) is 4.64. The van der Waals surface area contributed by atoms with Gasteiger partial charge in [0.25, 0.3) is 5.69 Å². The molecular formula is C11H12ClFN2O4S. The van der Waals surface area contributed by atoms with E-state index in [0.717, 1.165) is 12.1 Å². The van der Waals surface area contributed by atoms with E-state index in [1.807, 2.05) is 0 Å². The van der Waals surface area contributed by atoms with Crippen molar-refractivity contribution < 1.29 is 17.7 Å². The summed E-state index contributed by atoms with van der Waals surface area (Å²) in [4.78, 5) is 10.2. The van der Waals surface area contributed by atoms with Crippen LogP contribution in [0.2, 0.25) is 5.02 Å².